The van der Waals surface area contributed by atoms with E-state index in [-0.39, 0.29) is 5.92 Å². The number of hydrazone groups is 1. The second kappa shape index (κ2) is 10.6. The first-order chi connectivity index (χ1) is 16.4. The Kier molecular flexibility index (Phi) is 7.60. The number of amidine groups is 1. The highest BCUT2D eigenvalue weighted by molar-refractivity contribution is 8.13. The average Bonchev–Trinajstić information content (AvgIpc) is 3.29. The van der Waals surface area contributed by atoms with Gasteiger partial charge >= 0.3 is 10.2 Å². The van der Waals surface area contributed by atoms with E-state index in [4.69, 9.17) is 16.7 Å². The predicted octanol–water partition coefficient (Wildman–Crippen LogP) is 5.78. The highest BCUT2D eigenvalue weighted by Crippen LogP contribution is 2.31. The fraction of sp³-hybridized carbons (Fsp3) is 0.200. The van der Waals surface area contributed by atoms with Gasteiger partial charge in [0, 0.05) is 10.9 Å². The van der Waals surface area contributed by atoms with Crippen LogP contribution in [-0.4, -0.2) is 37.1 Å². The molecule has 1 N–H and O–H groups in total. The molecular weight excluding hydrogens is 488 g/mol. The molecule has 0 bridgehead atoms. The summed E-state index contributed by atoms with van der Waals surface area (Å²) in [5.41, 5.74) is 4.30. The van der Waals surface area contributed by atoms with Gasteiger partial charge in [0.1, 0.15) is 0 Å². The van der Waals surface area contributed by atoms with Gasteiger partial charge in [0.2, 0.25) is 0 Å². The van der Waals surface area contributed by atoms with Crippen LogP contribution in [0.3, 0.4) is 0 Å². The molecule has 4 rings (SSSR count). The number of rotatable bonds is 6. The molecule has 0 amide bonds. The van der Waals surface area contributed by atoms with Crippen molar-refractivity contribution in [2.75, 3.05) is 17.5 Å². The van der Waals surface area contributed by atoms with Gasteiger partial charge in [-0.1, -0.05) is 91.0 Å². The largest absolute Gasteiger partial charge is 0.344 e. The topological polar surface area (TPSA) is 74.1 Å². The fourth-order valence-electron chi connectivity index (χ4n) is 3.83. The number of thioether (sulfide) groups is 1. The highest BCUT2D eigenvalue weighted by atomic mass is 35.5. The minimum atomic E-state index is -4.00. The first kappa shape index (κ1) is 24.3. The van der Waals surface area contributed by atoms with Crippen molar-refractivity contribution in [3.05, 3.63) is 101 Å². The summed E-state index contributed by atoms with van der Waals surface area (Å²) in [5, 5.41) is 7.41. The minimum absolute atomic E-state index is 0.0452. The van der Waals surface area contributed by atoms with Crippen molar-refractivity contribution in [3.8, 4) is 0 Å². The van der Waals surface area contributed by atoms with Gasteiger partial charge in [-0.05, 0) is 47.6 Å². The summed E-state index contributed by atoms with van der Waals surface area (Å²) in [4.78, 5) is 0. The molecule has 0 saturated carbocycles. The monoisotopic (exact) mass is 512 g/mol. The third kappa shape index (κ3) is 5.63. The van der Waals surface area contributed by atoms with Gasteiger partial charge in [-0.3, -0.25) is 4.72 Å². The lowest BCUT2D eigenvalue weighted by molar-refractivity contribution is 0.484. The number of nitrogens with zero attached hydrogens (tertiary/aromatic N) is 3. The van der Waals surface area contributed by atoms with Crippen LogP contribution in [0.1, 0.15) is 29.5 Å². The first-order valence-corrected chi connectivity index (χ1v) is 13.9. The van der Waals surface area contributed by atoms with Crippen LogP contribution < -0.4 is 4.72 Å². The number of aryl methyl sites for hydroxylation is 1. The van der Waals surface area contributed by atoms with E-state index in [1.165, 1.54) is 11.8 Å². The van der Waals surface area contributed by atoms with Gasteiger partial charge < -0.3 is 0 Å². The van der Waals surface area contributed by atoms with E-state index in [1.807, 2.05) is 61.5 Å². The number of hydrogen-bond acceptors (Lipinski definition) is 4. The molecule has 0 saturated heterocycles. The number of hydrogen-bond donors (Lipinski definition) is 1. The van der Waals surface area contributed by atoms with E-state index in [0.29, 0.717) is 28.8 Å². The zero-order valence-corrected chi connectivity index (χ0v) is 21.2. The van der Waals surface area contributed by atoms with E-state index >= 15 is 0 Å². The lowest BCUT2D eigenvalue weighted by Crippen LogP contribution is -2.25. The Hall–Kier alpha value is -2.81. The second-order valence-electron chi connectivity index (χ2n) is 7.70. The molecular formula is C25H25ClN4O2S2. The van der Waals surface area contributed by atoms with Crippen molar-refractivity contribution in [1.82, 2.24) is 5.01 Å². The summed E-state index contributed by atoms with van der Waals surface area (Å²) in [6.07, 6.45) is 2.50. The lowest BCUT2D eigenvalue weighted by atomic mass is 9.91. The van der Waals surface area contributed by atoms with E-state index in [0.717, 1.165) is 22.4 Å². The number of halogens is 1. The predicted molar refractivity (Wildman–Crippen MR) is 143 cm³/mol. The number of nitrogens with one attached hydrogen (secondary N) is 1. The van der Waals surface area contributed by atoms with Crippen molar-refractivity contribution in [2.45, 2.75) is 19.3 Å². The van der Waals surface area contributed by atoms with Crippen molar-refractivity contribution >= 4 is 50.1 Å². The molecule has 1 atom stereocenters. The lowest BCUT2D eigenvalue weighted by Gasteiger charge is -2.17. The Morgan fingerprint density at radius 2 is 1.76 bits per heavy atom. The van der Waals surface area contributed by atoms with Gasteiger partial charge in [0.05, 0.1) is 17.9 Å². The first-order valence-electron chi connectivity index (χ1n) is 10.8. The summed E-state index contributed by atoms with van der Waals surface area (Å²) in [6.45, 7) is 2.45. The van der Waals surface area contributed by atoms with Crippen molar-refractivity contribution in [1.29, 1.82) is 0 Å². The van der Waals surface area contributed by atoms with Crippen LogP contribution in [0, 0.1) is 0 Å². The molecule has 1 aliphatic heterocycles. The smallest absolute Gasteiger partial charge is 0.265 e. The SMILES string of the molecule is CCc1ccccc1NS(=O)(=O)N=C(SC)N1CC(c2ccccc2)C(c2ccc(Cl)cc2)=N1. The van der Waals surface area contributed by atoms with Crippen LogP contribution in [0.2, 0.25) is 5.02 Å². The Balaban J connectivity index is 1.68. The quantitative estimate of drug-likeness (QED) is 0.335. The van der Waals surface area contributed by atoms with Gasteiger partial charge in [0.25, 0.3) is 0 Å². The third-order valence-electron chi connectivity index (χ3n) is 5.49. The van der Waals surface area contributed by atoms with Crippen molar-refractivity contribution in [2.24, 2.45) is 9.50 Å². The maximum atomic E-state index is 12.9. The molecule has 0 aliphatic carbocycles. The molecule has 3 aromatic carbocycles. The fourth-order valence-corrected chi connectivity index (χ4v) is 5.70. The summed E-state index contributed by atoms with van der Waals surface area (Å²) in [7, 11) is -4.00. The standard InChI is InChI=1S/C25H25ClN4O2S2/c1-3-18-9-7-8-12-23(18)28-34(31,32)29-25(33-2)30-17-22(19-10-5-4-6-11-19)24(27-30)20-13-15-21(26)16-14-20/h4-16,22,28H,3,17H2,1-2H3. The highest BCUT2D eigenvalue weighted by Gasteiger charge is 2.32. The van der Waals surface area contributed by atoms with Crippen LogP contribution >= 0.6 is 23.4 Å². The molecule has 0 fully saturated rings. The van der Waals surface area contributed by atoms with Crippen LogP contribution in [-0.2, 0) is 16.6 Å². The van der Waals surface area contributed by atoms with Gasteiger partial charge in [-0.15, -0.1) is 4.40 Å². The second-order valence-corrected chi connectivity index (χ2v) is 10.2. The summed E-state index contributed by atoms with van der Waals surface area (Å²) < 4.78 is 32.6. The molecule has 1 aliphatic rings. The molecule has 176 valence electrons. The third-order valence-corrected chi connectivity index (χ3v) is 7.42. The van der Waals surface area contributed by atoms with Crippen molar-refractivity contribution in [3.63, 3.8) is 0 Å². The molecule has 0 radical (unpaired) electrons. The molecule has 0 aromatic heterocycles. The van der Waals surface area contributed by atoms with Crippen LogP contribution in [0.4, 0.5) is 5.69 Å². The molecule has 3 aromatic rings. The Labute approximate surface area is 209 Å². The average molecular weight is 513 g/mol. The molecule has 34 heavy (non-hydrogen) atoms. The van der Waals surface area contributed by atoms with E-state index < -0.39 is 10.2 Å². The summed E-state index contributed by atoms with van der Waals surface area (Å²) in [6, 6.07) is 24.9. The van der Waals surface area contributed by atoms with Gasteiger partial charge in [-0.2, -0.15) is 13.5 Å². The van der Waals surface area contributed by atoms with Crippen LogP contribution in [0.5, 0.6) is 0 Å². The van der Waals surface area contributed by atoms with Gasteiger partial charge in [-0.25, -0.2) is 5.01 Å². The number of para-hydroxylation sites is 1. The van der Waals surface area contributed by atoms with Crippen LogP contribution in [0.25, 0.3) is 0 Å². The van der Waals surface area contributed by atoms with E-state index in [9.17, 15) is 8.42 Å². The zero-order valence-electron chi connectivity index (χ0n) is 18.8. The van der Waals surface area contributed by atoms with Crippen LogP contribution in [0.15, 0.2) is 88.4 Å². The molecule has 1 unspecified atom stereocenters. The Bertz CT molecular complexity index is 1310. The molecule has 9 heteroatoms. The van der Waals surface area contributed by atoms with E-state index in [2.05, 4.69) is 21.3 Å². The zero-order chi connectivity index (χ0) is 24.1. The maximum absolute atomic E-state index is 12.9. The van der Waals surface area contributed by atoms with Crippen molar-refractivity contribution < 1.29 is 8.42 Å². The minimum Gasteiger partial charge on any atom is -0.265 e. The number of anilines is 1. The summed E-state index contributed by atoms with van der Waals surface area (Å²) >= 11 is 7.33. The molecule has 1 heterocycles. The Morgan fingerprint density at radius 1 is 1.09 bits per heavy atom. The van der Waals surface area contributed by atoms with E-state index in [1.54, 1.807) is 23.4 Å². The maximum Gasteiger partial charge on any atom is 0.344 e. The van der Waals surface area contributed by atoms with Gasteiger partial charge in [0.15, 0.2) is 5.17 Å². The normalized spacial score (nSPS) is 16.4. The molecule has 6 nitrogen and oxygen atoms in total. The Morgan fingerprint density at radius 3 is 2.44 bits per heavy atom. The summed E-state index contributed by atoms with van der Waals surface area (Å²) in [5.74, 6) is -0.0452. The number of benzene rings is 3. The molecule has 0 spiro atoms.